The maximum atomic E-state index is 9.15. The third kappa shape index (κ3) is 2.59. The summed E-state index contributed by atoms with van der Waals surface area (Å²) in [7, 11) is -0.307. The molecule has 1 aliphatic heterocycles. The number of aromatic hydroxyl groups is 1. The summed E-state index contributed by atoms with van der Waals surface area (Å²) in [5, 5.41) is 10.5. The molecule has 2 rings (SSSR count). The number of phenols is 1. The molecule has 0 aromatic heterocycles. The molecule has 14 heavy (non-hydrogen) atoms. The number of phenolic OH excluding ortho intramolecular Hbond substituents is 1. The second-order valence-electron chi connectivity index (χ2n) is 3.86. The standard InChI is InChI=1S/C11H16O2Si/c12-9-4-6-10(7-5-9)14-11-3-1-2-8-13-11/h4-7,11-12H,1-3,8,14H2. The molecule has 76 valence electrons. The summed E-state index contributed by atoms with van der Waals surface area (Å²) in [6.45, 7) is 0.940. The lowest BCUT2D eigenvalue weighted by Crippen LogP contribution is -2.32. The van der Waals surface area contributed by atoms with Gasteiger partial charge in [-0.3, -0.25) is 0 Å². The van der Waals surface area contributed by atoms with Crippen molar-refractivity contribution in [3.8, 4) is 5.75 Å². The molecule has 1 unspecified atom stereocenters. The molecule has 1 fully saturated rings. The first kappa shape index (κ1) is 9.74. The number of hydrogen-bond donors (Lipinski definition) is 1. The van der Waals surface area contributed by atoms with Crippen molar-refractivity contribution >= 4 is 14.7 Å². The van der Waals surface area contributed by atoms with E-state index >= 15 is 0 Å². The van der Waals surface area contributed by atoms with Crippen LogP contribution in [0.3, 0.4) is 0 Å². The van der Waals surface area contributed by atoms with Gasteiger partial charge in [0.1, 0.15) is 5.75 Å². The molecule has 1 N–H and O–H groups in total. The molecule has 3 heteroatoms. The van der Waals surface area contributed by atoms with Crippen LogP contribution in [0.25, 0.3) is 0 Å². The van der Waals surface area contributed by atoms with Gasteiger partial charge in [0.05, 0.1) is 9.52 Å². The molecule has 1 aromatic carbocycles. The Balaban J connectivity index is 1.92. The summed E-state index contributed by atoms with van der Waals surface area (Å²) < 4.78 is 5.71. The lowest BCUT2D eigenvalue weighted by Gasteiger charge is -2.22. The fourth-order valence-corrected chi connectivity index (χ4v) is 3.67. The van der Waals surface area contributed by atoms with Gasteiger partial charge in [0.15, 0.2) is 0 Å². The van der Waals surface area contributed by atoms with Crippen LogP contribution >= 0.6 is 0 Å². The van der Waals surface area contributed by atoms with Crippen molar-refractivity contribution in [1.82, 2.24) is 0 Å². The third-order valence-electron chi connectivity index (χ3n) is 2.67. The Morgan fingerprint density at radius 1 is 1.21 bits per heavy atom. The van der Waals surface area contributed by atoms with Gasteiger partial charge >= 0.3 is 0 Å². The van der Waals surface area contributed by atoms with Crippen LogP contribution in [0, 0.1) is 0 Å². The van der Waals surface area contributed by atoms with Gasteiger partial charge in [0.2, 0.25) is 0 Å². The zero-order valence-electron chi connectivity index (χ0n) is 8.28. The molecule has 1 aliphatic rings. The highest BCUT2D eigenvalue weighted by atomic mass is 28.2. The number of hydrogen-bond acceptors (Lipinski definition) is 2. The zero-order chi connectivity index (χ0) is 9.80. The number of benzene rings is 1. The van der Waals surface area contributed by atoms with Crippen molar-refractivity contribution in [2.45, 2.75) is 25.0 Å². The molecule has 2 nitrogen and oxygen atoms in total. The first-order valence-electron chi connectivity index (χ1n) is 5.24. The maximum absolute atomic E-state index is 9.15. The Kier molecular flexibility index (Phi) is 3.21. The molecule has 0 radical (unpaired) electrons. The molecule has 0 spiro atoms. The minimum atomic E-state index is -0.307. The minimum absolute atomic E-state index is 0.307. The van der Waals surface area contributed by atoms with Gasteiger partial charge in [-0.15, -0.1) is 0 Å². The normalized spacial score (nSPS) is 23.0. The maximum Gasteiger partial charge on any atom is 0.115 e. The molecule has 1 heterocycles. The van der Waals surface area contributed by atoms with E-state index in [4.69, 9.17) is 9.84 Å². The van der Waals surface area contributed by atoms with E-state index in [0.29, 0.717) is 11.5 Å². The predicted octanol–water partition coefficient (Wildman–Crippen LogP) is 0.713. The first-order chi connectivity index (χ1) is 6.84. The smallest absolute Gasteiger partial charge is 0.115 e. The zero-order valence-corrected chi connectivity index (χ0v) is 9.69. The summed E-state index contributed by atoms with van der Waals surface area (Å²) >= 11 is 0. The summed E-state index contributed by atoms with van der Waals surface area (Å²) in [6, 6.07) is 7.59. The minimum Gasteiger partial charge on any atom is -0.508 e. The van der Waals surface area contributed by atoms with Crippen LogP contribution in [0.2, 0.25) is 0 Å². The molecule has 0 saturated carbocycles. The van der Waals surface area contributed by atoms with Gasteiger partial charge in [0.25, 0.3) is 0 Å². The van der Waals surface area contributed by atoms with E-state index in [2.05, 4.69) is 0 Å². The number of rotatable bonds is 2. The van der Waals surface area contributed by atoms with Crippen molar-refractivity contribution in [3.05, 3.63) is 24.3 Å². The van der Waals surface area contributed by atoms with Gasteiger partial charge in [-0.1, -0.05) is 17.3 Å². The van der Waals surface area contributed by atoms with Crippen molar-refractivity contribution in [3.63, 3.8) is 0 Å². The summed E-state index contributed by atoms with van der Waals surface area (Å²) in [6.07, 6.45) is 3.77. The predicted molar refractivity (Wildman–Crippen MR) is 59.9 cm³/mol. The van der Waals surface area contributed by atoms with E-state index < -0.39 is 0 Å². The molecular formula is C11H16O2Si. The summed E-state index contributed by atoms with van der Waals surface area (Å²) in [4.78, 5) is 0. The van der Waals surface area contributed by atoms with Crippen LogP contribution in [-0.4, -0.2) is 27.0 Å². The third-order valence-corrected chi connectivity index (χ3v) is 4.72. The van der Waals surface area contributed by atoms with Crippen LogP contribution in [0.15, 0.2) is 24.3 Å². The lowest BCUT2D eigenvalue weighted by molar-refractivity contribution is 0.0660. The van der Waals surface area contributed by atoms with Crippen LogP contribution in [0.5, 0.6) is 5.75 Å². The molecule has 1 atom stereocenters. The average molecular weight is 208 g/mol. The highest BCUT2D eigenvalue weighted by Crippen LogP contribution is 2.11. The summed E-state index contributed by atoms with van der Waals surface area (Å²) in [5.74, 6) is 0.354. The Bertz CT molecular complexity index is 278. The second kappa shape index (κ2) is 4.62. The van der Waals surface area contributed by atoms with E-state index in [1.165, 1.54) is 24.4 Å². The van der Waals surface area contributed by atoms with Crippen LogP contribution < -0.4 is 5.19 Å². The van der Waals surface area contributed by atoms with E-state index in [9.17, 15) is 0 Å². The van der Waals surface area contributed by atoms with Crippen LogP contribution in [0.4, 0.5) is 0 Å². The van der Waals surface area contributed by atoms with Crippen molar-refractivity contribution in [2.24, 2.45) is 0 Å². The Morgan fingerprint density at radius 2 is 2.00 bits per heavy atom. The average Bonchev–Trinajstić information content (AvgIpc) is 2.23. The van der Waals surface area contributed by atoms with Crippen molar-refractivity contribution in [2.75, 3.05) is 6.61 Å². The van der Waals surface area contributed by atoms with Crippen LogP contribution in [0.1, 0.15) is 19.3 Å². The molecule has 0 aliphatic carbocycles. The topological polar surface area (TPSA) is 29.5 Å². The second-order valence-corrected chi connectivity index (χ2v) is 5.99. The lowest BCUT2D eigenvalue weighted by atomic mass is 10.2. The van der Waals surface area contributed by atoms with Crippen LogP contribution in [-0.2, 0) is 4.74 Å². The molecule has 0 amide bonds. The van der Waals surface area contributed by atoms with E-state index in [1.807, 2.05) is 12.1 Å². The Hall–Kier alpha value is -0.803. The highest BCUT2D eigenvalue weighted by molar-refractivity contribution is 6.54. The van der Waals surface area contributed by atoms with Gasteiger partial charge in [-0.25, -0.2) is 0 Å². The Morgan fingerprint density at radius 3 is 2.64 bits per heavy atom. The molecule has 1 saturated heterocycles. The fraction of sp³-hybridized carbons (Fsp3) is 0.455. The monoisotopic (exact) mass is 208 g/mol. The largest absolute Gasteiger partial charge is 0.508 e. The van der Waals surface area contributed by atoms with Gasteiger partial charge < -0.3 is 9.84 Å². The van der Waals surface area contributed by atoms with E-state index in [0.717, 1.165) is 6.61 Å². The van der Waals surface area contributed by atoms with Gasteiger partial charge in [-0.05, 0) is 31.4 Å². The highest BCUT2D eigenvalue weighted by Gasteiger charge is 2.14. The fourth-order valence-electron chi connectivity index (χ4n) is 1.86. The van der Waals surface area contributed by atoms with Crippen molar-refractivity contribution < 1.29 is 9.84 Å². The quantitative estimate of drug-likeness (QED) is 0.726. The number of ether oxygens (including phenoxy) is 1. The SMILES string of the molecule is Oc1ccc([SiH2]C2CCCCO2)cc1. The Labute approximate surface area is 86.7 Å². The van der Waals surface area contributed by atoms with E-state index in [-0.39, 0.29) is 9.52 Å². The molecule has 1 aromatic rings. The first-order valence-corrected chi connectivity index (χ1v) is 6.76. The molecular weight excluding hydrogens is 192 g/mol. The van der Waals surface area contributed by atoms with E-state index in [1.54, 1.807) is 12.1 Å². The van der Waals surface area contributed by atoms with Gasteiger partial charge in [0, 0.05) is 12.3 Å². The van der Waals surface area contributed by atoms with Crippen molar-refractivity contribution in [1.29, 1.82) is 0 Å². The molecule has 0 bridgehead atoms. The van der Waals surface area contributed by atoms with Gasteiger partial charge in [-0.2, -0.15) is 0 Å². The summed E-state index contributed by atoms with van der Waals surface area (Å²) in [5.41, 5.74) is 0.522.